The molecule has 3 aromatic rings. The van der Waals surface area contributed by atoms with Gasteiger partial charge in [-0.1, -0.05) is 47.0 Å². The lowest BCUT2D eigenvalue weighted by molar-refractivity contribution is 0.507. The molecule has 0 saturated heterocycles. The van der Waals surface area contributed by atoms with Crippen molar-refractivity contribution in [2.45, 2.75) is 6.92 Å². The fourth-order valence-corrected chi connectivity index (χ4v) is 2.72. The van der Waals surface area contributed by atoms with E-state index in [9.17, 15) is 4.79 Å². The van der Waals surface area contributed by atoms with Crippen LogP contribution in [0.3, 0.4) is 0 Å². The Bertz CT molecular complexity index is 976. The zero-order chi connectivity index (χ0) is 15.1. The Hall–Kier alpha value is -1.62. The third-order valence-electron chi connectivity index (χ3n) is 3.11. The molecule has 2 aromatic carbocycles. The molecule has 21 heavy (non-hydrogen) atoms. The highest BCUT2D eigenvalue weighted by atomic mass is 35.5. The number of aryl methyl sites for hydroxylation is 1. The summed E-state index contributed by atoms with van der Waals surface area (Å²) in [5, 5.41) is 1.46. The zero-order valence-corrected chi connectivity index (χ0v) is 13.2. The third kappa shape index (κ3) is 2.50. The second-order valence-electron chi connectivity index (χ2n) is 4.61. The minimum Gasteiger partial charge on any atom is -0.409 e. The van der Waals surface area contributed by atoms with Crippen LogP contribution < -0.4 is 5.76 Å². The maximum Gasteiger partial charge on any atom is 0.425 e. The smallest absolute Gasteiger partial charge is 0.409 e. The molecular formula is C15H9Cl2NO2S. The van der Waals surface area contributed by atoms with Crippen molar-refractivity contribution in [1.29, 1.82) is 0 Å². The molecule has 0 aliphatic heterocycles. The molecule has 1 heterocycles. The highest BCUT2D eigenvalue weighted by Crippen LogP contribution is 2.25. The molecule has 0 radical (unpaired) electrons. The summed E-state index contributed by atoms with van der Waals surface area (Å²) in [5.74, 6) is -0.560. The fourth-order valence-electron chi connectivity index (χ4n) is 2.09. The molecule has 0 bridgehead atoms. The van der Waals surface area contributed by atoms with Gasteiger partial charge in [0.05, 0.1) is 21.1 Å². The van der Waals surface area contributed by atoms with Gasteiger partial charge >= 0.3 is 5.76 Å². The van der Waals surface area contributed by atoms with E-state index in [-0.39, 0.29) is 0 Å². The quantitative estimate of drug-likeness (QED) is 0.590. The van der Waals surface area contributed by atoms with Crippen LogP contribution in [0.5, 0.6) is 0 Å². The number of halogens is 2. The molecular weight excluding hydrogens is 329 g/mol. The van der Waals surface area contributed by atoms with Crippen LogP contribution in [0.4, 0.5) is 0 Å². The lowest BCUT2D eigenvalue weighted by Crippen LogP contribution is -2.18. The second-order valence-corrected chi connectivity index (χ2v) is 5.81. The molecule has 6 heteroatoms. The molecule has 106 valence electrons. The molecule has 3 nitrogen and oxygen atoms in total. The van der Waals surface area contributed by atoms with Crippen LogP contribution in [0.25, 0.3) is 16.7 Å². The summed E-state index contributed by atoms with van der Waals surface area (Å²) in [6, 6.07) is 10.3. The van der Waals surface area contributed by atoms with E-state index in [2.05, 4.69) is 0 Å². The van der Waals surface area contributed by atoms with Crippen molar-refractivity contribution in [2.75, 3.05) is 0 Å². The average Bonchev–Trinajstić information content (AvgIpc) is 2.44. The summed E-state index contributed by atoms with van der Waals surface area (Å²) >= 11 is 17.3. The monoisotopic (exact) mass is 337 g/mol. The summed E-state index contributed by atoms with van der Waals surface area (Å²) < 4.78 is 7.00. The van der Waals surface area contributed by atoms with E-state index in [1.54, 1.807) is 24.3 Å². The summed E-state index contributed by atoms with van der Waals surface area (Å²) in [5.41, 5.74) is 2.02. The summed E-state index contributed by atoms with van der Waals surface area (Å²) in [4.78, 5) is 12.2. The maximum absolute atomic E-state index is 12.2. The zero-order valence-electron chi connectivity index (χ0n) is 10.9. The Morgan fingerprint density at radius 3 is 2.57 bits per heavy atom. The van der Waals surface area contributed by atoms with Crippen LogP contribution in [0.1, 0.15) is 5.56 Å². The summed E-state index contributed by atoms with van der Waals surface area (Å²) in [6.45, 7) is 1.95. The Labute approximate surface area is 135 Å². The first-order valence-corrected chi connectivity index (χ1v) is 7.26. The first-order valence-electron chi connectivity index (χ1n) is 6.09. The number of nitrogens with zero attached hydrogens (tertiary/aromatic N) is 1. The van der Waals surface area contributed by atoms with Gasteiger partial charge in [0, 0.05) is 0 Å². The van der Waals surface area contributed by atoms with Gasteiger partial charge in [0.25, 0.3) is 0 Å². The highest BCUT2D eigenvalue weighted by molar-refractivity contribution is 7.71. The normalized spacial score (nSPS) is 11.0. The number of aromatic nitrogens is 1. The van der Waals surface area contributed by atoms with Crippen LogP contribution >= 0.6 is 35.4 Å². The maximum atomic E-state index is 12.2. The number of hydrogen-bond acceptors (Lipinski definition) is 3. The molecule has 0 aliphatic carbocycles. The third-order valence-corrected chi connectivity index (χ3v) is 4.25. The number of fused-ring (bicyclic) bond motifs is 1. The van der Waals surface area contributed by atoms with Gasteiger partial charge in [0.2, 0.25) is 0 Å². The van der Waals surface area contributed by atoms with E-state index in [4.69, 9.17) is 39.8 Å². The second kappa shape index (κ2) is 5.30. The van der Waals surface area contributed by atoms with Crippen molar-refractivity contribution in [3.05, 3.63) is 67.2 Å². The van der Waals surface area contributed by atoms with E-state index >= 15 is 0 Å². The van der Waals surface area contributed by atoms with Gasteiger partial charge in [-0.25, -0.2) is 9.36 Å². The van der Waals surface area contributed by atoms with Gasteiger partial charge in [0.1, 0.15) is 10.2 Å². The van der Waals surface area contributed by atoms with Gasteiger partial charge in [-0.05, 0) is 37.3 Å². The highest BCUT2D eigenvalue weighted by Gasteiger charge is 2.10. The minimum absolute atomic E-state index is 0.347. The molecule has 3 rings (SSSR count). The lowest BCUT2D eigenvalue weighted by atomic mass is 10.2. The van der Waals surface area contributed by atoms with Gasteiger partial charge in [-0.3, -0.25) is 0 Å². The molecule has 0 N–H and O–H groups in total. The van der Waals surface area contributed by atoms with E-state index < -0.39 is 5.76 Å². The standard InChI is InChI=1S/C15H9Cl2NO2S/c1-8-2-5-13-10(6-8)14(21)18(15(19)20-13)9-3-4-11(16)12(17)7-9/h2-7H,1H3. The molecule has 0 amide bonds. The molecule has 0 unspecified atom stereocenters. The van der Waals surface area contributed by atoms with Crippen molar-refractivity contribution >= 4 is 46.4 Å². The van der Waals surface area contributed by atoms with Crippen molar-refractivity contribution < 1.29 is 4.42 Å². The predicted octanol–water partition coefficient (Wildman–Crippen LogP) is 4.93. The predicted molar refractivity (Wildman–Crippen MR) is 87.4 cm³/mol. The number of hydrogen-bond donors (Lipinski definition) is 0. The fraction of sp³-hybridized carbons (Fsp3) is 0.0667. The van der Waals surface area contributed by atoms with Crippen LogP contribution in [0, 0.1) is 11.6 Å². The first kappa shape index (κ1) is 14.3. The van der Waals surface area contributed by atoms with Gasteiger partial charge in [-0.2, -0.15) is 0 Å². The van der Waals surface area contributed by atoms with E-state index in [1.165, 1.54) is 4.57 Å². The Balaban J connectivity index is 2.39. The van der Waals surface area contributed by atoms with Crippen molar-refractivity contribution in [3.63, 3.8) is 0 Å². The lowest BCUT2D eigenvalue weighted by Gasteiger charge is -2.08. The van der Waals surface area contributed by atoms with Gasteiger partial charge in [0.15, 0.2) is 0 Å². The van der Waals surface area contributed by atoms with Crippen LogP contribution in [0.15, 0.2) is 45.6 Å². The Kier molecular flexibility index (Phi) is 3.61. The van der Waals surface area contributed by atoms with E-state index in [1.807, 2.05) is 19.1 Å². The molecule has 0 fully saturated rings. The van der Waals surface area contributed by atoms with Crippen LogP contribution in [-0.2, 0) is 0 Å². The van der Waals surface area contributed by atoms with Crippen molar-refractivity contribution in [2.24, 2.45) is 0 Å². The van der Waals surface area contributed by atoms with Crippen LogP contribution in [-0.4, -0.2) is 4.57 Å². The largest absolute Gasteiger partial charge is 0.425 e. The minimum atomic E-state index is -0.560. The Morgan fingerprint density at radius 2 is 1.86 bits per heavy atom. The molecule has 1 aromatic heterocycles. The Morgan fingerprint density at radius 1 is 1.10 bits per heavy atom. The summed E-state index contributed by atoms with van der Waals surface area (Å²) in [7, 11) is 0. The topological polar surface area (TPSA) is 35.1 Å². The average molecular weight is 338 g/mol. The number of rotatable bonds is 1. The number of benzene rings is 2. The summed E-state index contributed by atoms with van der Waals surface area (Å²) in [6.07, 6.45) is 0. The van der Waals surface area contributed by atoms with E-state index in [0.29, 0.717) is 31.3 Å². The van der Waals surface area contributed by atoms with Crippen LogP contribution in [0.2, 0.25) is 10.0 Å². The van der Waals surface area contributed by atoms with Gasteiger partial charge < -0.3 is 4.42 Å². The van der Waals surface area contributed by atoms with Crippen molar-refractivity contribution in [1.82, 2.24) is 4.57 Å². The first-order chi connectivity index (χ1) is 9.97. The van der Waals surface area contributed by atoms with Crippen molar-refractivity contribution in [3.8, 4) is 5.69 Å². The SMILES string of the molecule is Cc1ccc2oc(=O)n(-c3ccc(Cl)c(Cl)c3)c(=S)c2c1. The molecule has 0 spiro atoms. The molecule has 0 saturated carbocycles. The molecule has 0 aliphatic rings. The molecule has 0 atom stereocenters. The van der Waals surface area contributed by atoms with Gasteiger partial charge in [-0.15, -0.1) is 0 Å². The van der Waals surface area contributed by atoms with E-state index in [0.717, 1.165) is 5.56 Å².